The van der Waals surface area contributed by atoms with Crippen molar-refractivity contribution in [1.29, 1.82) is 0 Å². The fourth-order valence-corrected chi connectivity index (χ4v) is 0.0962. The first-order valence-electron chi connectivity index (χ1n) is 3.07. The van der Waals surface area contributed by atoms with Gasteiger partial charge in [-0.1, -0.05) is 6.92 Å². The Hall–Kier alpha value is 0.474. The Morgan fingerprint density at radius 1 is 1.15 bits per heavy atom. The summed E-state index contributed by atoms with van der Waals surface area (Å²) in [7, 11) is 2.71. The molecule has 6 nitrogen and oxygen atoms in total. The van der Waals surface area contributed by atoms with Crippen LogP contribution < -0.4 is 0 Å². The van der Waals surface area contributed by atoms with Gasteiger partial charge in [-0.2, -0.15) is 0 Å². The van der Waals surface area contributed by atoms with Crippen molar-refractivity contribution in [3.8, 4) is 0 Å². The van der Waals surface area contributed by atoms with Gasteiger partial charge >= 0.3 is 0 Å². The molecule has 0 rings (SSSR count). The molecule has 0 bridgehead atoms. The monoisotopic (exact) mass is 236 g/mol. The van der Waals surface area contributed by atoms with Crippen LogP contribution in [0, 0.1) is 0 Å². The number of ether oxygens (including phenoxy) is 2. The van der Waals surface area contributed by atoms with Crippen LogP contribution in [0.4, 0.5) is 0 Å². The van der Waals surface area contributed by atoms with E-state index in [2.05, 4.69) is 9.47 Å². The van der Waals surface area contributed by atoms with Crippen molar-refractivity contribution in [2.75, 3.05) is 20.8 Å². The third-order valence-corrected chi connectivity index (χ3v) is 0.627. The van der Waals surface area contributed by atoms with Crippen LogP contribution in [-0.2, 0) is 31.2 Å². The van der Waals surface area contributed by atoms with Crippen LogP contribution in [-0.4, -0.2) is 48.5 Å². The molecule has 0 heterocycles. The van der Waals surface area contributed by atoms with Crippen LogP contribution in [0.1, 0.15) is 13.3 Å². The van der Waals surface area contributed by atoms with E-state index in [1.54, 1.807) is 0 Å². The van der Waals surface area contributed by atoms with Gasteiger partial charge in [-0.25, -0.2) is 0 Å². The smallest absolute Gasteiger partial charge is 0.268 e. The third kappa shape index (κ3) is 45.7. The molecule has 0 fully saturated rings. The van der Waals surface area contributed by atoms with E-state index >= 15 is 0 Å². The van der Waals surface area contributed by atoms with Crippen molar-refractivity contribution >= 4 is 0 Å². The Balaban J connectivity index is -0.0000000279. The first-order chi connectivity index (χ1) is 4.72. The normalized spacial score (nSPS) is 6.92. The molecule has 0 aromatic carbocycles. The summed E-state index contributed by atoms with van der Waals surface area (Å²) in [5.41, 5.74) is 0. The van der Waals surface area contributed by atoms with Crippen molar-refractivity contribution in [1.82, 2.24) is 0 Å². The standard InChI is InChI=1S/C3H8O3.C3H8O.2H2O.Ti/c1-5-3(4)6-2;1-2-3-4;;;/h3-4H,1-2H3;4H,2-3H2,1H3;2*1H2;. The molecule has 6 N–H and O–H groups in total. The van der Waals surface area contributed by atoms with Crippen molar-refractivity contribution in [3.05, 3.63) is 0 Å². The summed E-state index contributed by atoms with van der Waals surface area (Å²) >= 11 is 0. The number of aliphatic hydroxyl groups excluding tert-OH is 2. The van der Waals surface area contributed by atoms with E-state index in [1.165, 1.54) is 14.2 Å². The Morgan fingerprint density at radius 3 is 1.38 bits per heavy atom. The van der Waals surface area contributed by atoms with Crippen molar-refractivity contribution < 1.29 is 52.4 Å². The summed E-state index contributed by atoms with van der Waals surface area (Å²) in [5, 5.41) is 16.1. The molecular formula is C6H20O6Ti. The predicted molar refractivity (Wildman–Crippen MR) is 44.6 cm³/mol. The Bertz CT molecular complexity index is 50.4. The van der Waals surface area contributed by atoms with E-state index < -0.39 is 6.48 Å². The van der Waals surface area contributed by atoms with Crippen LogP contribution in [0.25, 0.3) is 0 Å². The second kappa shape index (κ2) is 29.4. The molecule has 0 aliphatic carbocycles. The first kappa shape index (κ1) is 29.2. The van der Waals surface area contributed by atoms with Crippen LogP contribution >= 0.6 is 0 Å². The quantitative estimate of drug-likeness (QED) is 0.447. The average molecular weight is 236 g/mol. The molecule has 84 valence electrons. The fraction of sp³-hybridized carbons (Fsp3) is 1.00. The molecule has 0 atom stereocenters. The molecule has 0 amide bonds. The zero-order chi connectivity index (χ0) is 8.41. The third-order valence-electron chi connectivity index (χ3n) is 0.627. The van der Waals surface area contributed by atoms with Gasteiger partial charge in [0.2, 0.25) is 0 Å². The number of hydrogen-bond acceptors (Lipinski definition) is 4. The van der Waals surface area contributed by atoms with Gasteiger partial charge in [0.15, 0.2) is 0 Å². The molecule has 13 heavy (non-hydrogen) atoms. The van der Waals surface area contributed by atoms with Crippen LogP contribution in [0.15, 0.2) is 0 Å². The molecule has 0 aromatic rings. The van der Waals surface area contributed by atoms with Crippen LogP contribution in [0.2, 0.25) is 0 Å². The predicted octanol–water partition coefficient (Wildman–Crippen LogP) is -1.71. The summed E-state index contributed by atoms with van der Waals surface area (Å²) < 4.78 is 8.47. The van der Waals surface area contributed by atoms with E-state index in [0.29, 0.717) is 6.61 Å². The van der Waals surface area contributed by atoms with Crippen LogP contribution in [0.5, 0.6) is 0 Å². The SMILES string of the molecule is CCCO.COC(O)OC.O.O.[Ti]. The van der Waals surface area contributed by atoms with Gasteiger partial charge in [0, 0.05) is 42.5 Å². The summed E-state index contributed by atoms with van der Waals surface area (Å²) in [6.45, 7) is 1.19. The molecule has 0 radical (unpaired) electrons. The molecule has 0 aromatic heterocycles. The molecule has 0 spiro atoms. The van der Waals surface area contributed by atoms with Crippen molar-refractivity contribution in [2.24, 2.45) is 0 Å². The van der Waals surface area contributed by atoms with E-state index in [0.717, 1.165) is 6.42 Å². The molecule has 0 saturated carbocycles. The van der Waals surface area contributed by atoms with Crippen molar-refractivity contribution in [2.45, 2.75) is 19.8 Å². The van der Waals surface area contributed by atoms with Crippen LogP contribution in [0.3, 0.4) is 0 Å². The molecule has 0 saturated heterocycles. The summed E-state index contributed by atoms with van der Waals surface area (Å²) in [4.78, 5) is 0. The second-order valence-corrected chi connectivity index (χ2v) is 1.50. The van der Waals surface area contributed by atoms with Gasteiger partial charge in [-0.3, -0.25) is 0 Å². The maximum absolute atomic E-state index is 8.22. The van der Waals surface area contributed by atoms with Gasteiger partial charge in [0.05, 0.1) is 0 Å². The number of rotatable bonds is 3. The van der Waals surface area contributed by atoms with Gasteiger partial charge in [0.1, 0.15) is 0 Å². The minimum absolute atomic E-state index is 0. The first-order valence-corrected chi connectivity index (χ1v) is 3.07. The average Bonchev–Trinajstić information content (AvgIpc) is 2.03. The van der Waals surface area contributed by atoms with E-state index in [-0.39, 0.29) is 32.7 Å². The summed E-state index contributed by atoms with van der Waals surface area (Å²) in [6, 6.07) is 0. The summed E-state index contributed by atoms with van der Waals surface area (Å²) in [5.74, 6) is 0. The number of methoxy groups -OCH3 is 2. The topological polar surface area (TPSA) is 122 Å². The molecule has 7 heteroatoms. The van der Waals surface area contributed by atoms with E-state index in [9.17, 15) is 0 Å². The van der Waals surface area contributed by atoms with Crippen molar-refractivity contribution in [3.63, 3.8) is 0 Å². The minimum atomic E-state index is -1.06. The van der Waals surface area contributed by atoms with Gasteiger partial charge in [-0.15, -0.1) is 0 Å². The Labute approximate surface area is 93.4 Å². The van der Waals surface area contributed by atoms with E-state index in [4.69, 9.17) is 10.2 Å². The Morgan fingerprint density at radius 2 is 1.38 bits per heavy atom. The maximum atomic E-state index is 8.22. The zero-order valence-corrected chi connectivity index (χ0v) is 9.76. The second-order valence-electron chi connectivity index (χ2n) is 1.50. The zero-order valence-electron chi connectivity index (χ0n) is 8.20. The molecular weight excluding hydrogens is 216 g/mol. The molecule has 0 unspecified atom stereocenters. The molecule has 0 aliphatic rings. The summed E-state index contributed by atoms with van der Waals surface area (Å²) in [6.07, 6.45) is 0.875. The largest absolute Gasteiger partial charge is 0.412 e. The van der Waals surface area contributed by atoms with E-state index in [1.807, 2.05) is 6.92 Å². The molecule has 0 aliphatic heterocycles. The van der Waals surface area contributed by atoms with Gasteiger partial charge < -0.3 is 30.6 Å². The van der Waals surface area contributed by atoms with Gasteiger partial charge in [0.25, 0.3) is 6.48 Å². The van der Waals surface area contributed by atoms with Gasteiger partial charge in [-0.05, 0) is 6.42 Å². The fourth-order valence-electron chi connectivity index (χ4n) is 0.0962. The Kier molecular flexibility index (Phi) is 66.0. The maximum Gasteiger partial charge on any atom is 0.268 e. The minimum Gasteiger partial charge on any atom is -0.412 e. The number of hydrogen-bond donors (Lipinski definition) is 2. The number of aliphatic hydroxyl groups is 2.